The lowest BCUT2D eigenvalue weighted by Gasteiger charge is -2.24. The number of hydrogen-bond acceptors (Lipinski definition) is 5. The molecule has 20 heavy (non-hydrogen) atoms. The van der Waals surface area contributed by atoms with Gasteiger partial charge in [-0.3, -0.25) is 4.79 Å². The third-order valence-corrected chi connectivity index (χ3v) is 3.08. The molecule has 112 valence electrons. The van der Waals surface area contributed by atoms with Crippen LogP contribution in [0.25, 0.3) is 0 Å². The van der Waals surface area contributed by atoms with Crippen molar-refractivity contribution in [1.82, 2.24) is 15.3 Å². The lowest BCUT2D eigenvalue weighted by atomic mass is 10.2. The SMILES string of the molecule is CCCc1nc(N)c(C)c(N(CCC)CC(=O)NC)n1. The highest BCUT2D eigenvalue weighted by Gasteiger charge is 2.17. The van der Waals surface area contributed by atoms with Gasteiger partial charge in [0.1, 0.15) is 17.5 Å². The van der Waals surface area contributed by atoms with Gasteiger partial charge in [0.15, 0.2) is 0 Å². The maximum Gasteiger partial charge on any atom is 0.239 e. The summed E-state index contributed by atoms with van der Waals surface area (Å²) in [7, 11) is 1.64. The molecule has 0 aliphatic carbocycles. The van der Waals surface area contributed by atoms with Crippen LogP contribution in [0.15, 0.2) is 0 Å². The fourth-order valence-electron chi connectivity index (χ4n) is 1.99. The zero-order valence-corrected chi connectivity index (χ0v) is 12.9. The van der Waals surface area contributed by atoms with Crippen molar-refractivity contribution in [3.05, 3.63) is 11.4 Å². The number of likely N-dealkylation sites (N-methyl/N-ethyl adjacent to an activating group) is 1. The van der Waals surface area contributed by atoms with E-state index in [4.69, 9.17) is 5.73 Å². The van der Waals surface area contributed by atoms with Gasteiger partial charge in [-0.1, -0.05) is 13.8 Å². The van der Waals surface area contributed by atoms with E-state index in [1.165, 1.54) is 0 Å². The summed E-state index contributed by atoms with van der Waals surface area (Å²) in [5.74, 6) is 1.97. The van der Waals surface area contributed by atoms with Crippen LogP contribution in [-0.2, 0) is 11.2 Å². The number of anilines is 2. The van der Waals surface area contributed by atoms with Crippen molar-refractivity contribution >= 4 is 17.5 Å². The lowest BCUT2D eigenvalue weighted by molar-refractivity contribution is -0.119. The van der Waals surface area contributed by atoms with E-state index in [0.29, 0.717) is 5.82 Å². The molecule has 3 N–H and O–H groups in total. The van der Waals surface area contributed by atoms with Gasteiger partial charge in [0.25, 0.3) is 0 Å². The van der Waals surface area contributed by atoms with Crippen LogP contribution in [-0.4, -0.2) is 36.0 Å². The molecule has 1 aromatic heterocycles. The van der Waals surface area contributed by atoms with Gasteiger partial charge >= 0.3 is 0 Å². The van der Waals surface area contributed by atoms with E-state index in [1.54, 1.807) is 7.05 Å². The minimum absolute atomic E-state index is 0.0351. The minimum atomic E-state index is -0.0351. The zero-order chi connectivity index (χ0) is 15.1. The van der Waals surface area contributed by atoms with Crippen LogP contribution in [0.2, 0.25) is 0 Å². The molecule has 1 aromatic rings. The summed E-state index contributed by atoms with van der Waals surface area (Å²) in [6.07, 6.45) is 2.69. The van der Waals surface area contributed by atoms with Crippen LogP contribution >= 0.6 is 0 Å². The van der Waals surface area contributed by atoms with Crippen LogP contribution in [0, 0.1) is 6.92 Å². The average molecular weight is 279 g/mol. The Hall–Kier alpha value is -1.85. The number of aryl methyl sites for hydroxylation is 1. The maximum absolute atomic E-state index is 11.6. The Morgan fingerprint density at radius 2 is 2.00 bits per heavy atom. The Balaban J connectivity index is 3.13. The molecule has 6 nitrogen and oxygen atoms in total. The van der Waals surface area contributed by atoms with E-state index in [9.17, 15) is 4.79 Å². The third kappa shape index (κ3) is 4.08. The molecule has 1 heterocycles. The molecule has 0 aromatic carbocycles. The molecular formula is C14H25N5O. The lowest BCUT2D eigenvalue weighted by Crippen LogP contribution is -2.37. The fraction of sp³-hybridized carbons (Fsp3) is 0.643. The Kier molecular flexibility index (Phi) is 6.21. The van der Waals surface area contributed by atoms with Gasteiger partial charge < -0.3 is 16.0 Å². The van der Waals surface area contributed by atoms with Crippen molar-refractivity contribution in [2.75, 3.05) is 30.8 Å². The second kappa shape index (κ2) is 7.67. The highest BCUT2D eigenvalue weighted by Crippen LogP contribution is 2.22. The molecule has 0 atom stereocenters. The molecule has 0 aliphatic heterocycles. The Morgan fingerprint density at radius 3 is 2.55 bits per heavy atom. The van der Waals surface area contributed by atoms with Gasteiger partial charge in [-0.25, -0.2) is 9.97 Å². The van der Waals surface area contributed by atoms with E-state index in [-0.39, 0.29) is 12.5 Å². The monoisotopic (exact) mass is 279 g/mol. The maximum atomic E-state index is 11.6. The molecule has 0 saturated heterocycles. The van der Waals surface area contributed by atoms with Crippen molar-refractivity contribution in [3.63, 3.8) is 0 Å². The zero-order valence-electron chi connectivity index (χ0n) is 12.9. The second-order valence-corrected chi connectivity index (χ2v) is 4.82. The molecule has 0 spiro atoms. The number of hydrogen-bond donors (Lipinski definition) is 2. The average Bonchev–Trinajstić information content (AvgIpc) is 2.42. The van der Waals surface area contributed by atoms with E-state index in [1.807, 2.05) is 11.8 Å². The summed E-state index contributed by atoms with van der Waals surface area (Å²) < 4.78 is 0. The van der Waals surface area contributed by atoms with Crippen molar-refractivity contribution < 1.29 is 4.79 Å². The van der Waals surface area contributed by atoms with Crippen molar-refractivity contribution in [1.29, 1.82) is 0 Å². The first kappa shape index (κ1) is 16.2. The second-order valence-electron chi connectivity index (χ2n) is 4.82. The third-order valence-electron chi connectivity index (χ3n) is 3.08. The number of aromatic nitrogens is 2. The largest absolute Gasteiger partial charge is 0.383 e. The number of carbonyl (C=O) groups excluding carboxylic acids is 1. The van der Waals surface area contributed by atoms with Crippen LogP contribution in [0.4, 0.5) is 11.6 Å². The van der Waals surface area contributed by atoms with Gasteiger partial charge in [-0.2, -0.15) is 0 Å². The normalized spacial score (nSPS) is 10.4. The summed E-state index contributed by atoms with van der Waals surface area (Å²) in [4.78, 5) is 22.5. The van der Waals surface area contributed by atoms with Gasteiger partial charge in [0.2, 0.25) is 5.91 Å². The van der Waals surface area contributed by atoms with Gasteiger partial charge in [-0.05, 0) is 19.8 Å². The Labute approximate surface area is 120 Å². The van der Waals surface area contributed by atoms with E-state index in [0.717, 1.165) is 43.0 Å². The van der Waals surface area contributed by atoms with Gasteiger partial charge in [-0.15, -0.1) is 0 Å². The molecule has 0 aliphatic rings. The van der Waals surface area contributed by atoms with Crippen molar-refractivity contribution in [2.45, 2.75) is 40.0 Å². The topological polar surface area (TPSA) is 84.1 Å². The summed E-state index contributed by atoms with van der Waals surface area (Å²) in [5, 5.41) is 2.64. The van der Waals surface area contributed by atoms with E-state index >= 15 is 0 Å². The molecule has 0 saturated carbocycles. The quantitative estimate of drug-likeness (QED) is 0.785. The number of nitrogen functional groups attached to an aromatic ring is 1. The standard InChI is InChI=1S/C14H25N5O/c1-5-7-11-17-13(15)10(3)14(18-11)19(8-6-2)9-12(20)16-4/h5-9H2,1-4H3,(H,16,20)(H2,15,17,18). The molecule has 1 rings (SSSR count). The molecule has 0 bridgehead atoms. The number of carbonyl (C=O) groups is 1. The van der Waals surface area contributed by atoms with Gasteiger partial charge in [0.05, 0.1) is 6.54 Å². The Morgan fingerprint density at radius 1 is 1.30 bits per heavy atom. The first-order chi connectivity index (χ1) is 9.53. The number of rotatable bonds is 7. The van der Waals surface area contributed by atoms with Crippen LogP contribution < -0.4 is 16.0 Å². The van der Waals surface area contributed by atoms with Crippen LogP contribution in [0.1, 0.15) is 38.1 Å². The fourth-order valence-corrected chi connectivity index (χ4v) is 1.99. The highest BCUT2D eigenvalue weighted by molar-refractivity contribution is 5.81. The molecular weight excluding hydrogens is 254 g/mol. The van der Waals surface area contributed by atoms with Crippen LogP contribution in [0.3, 0.4) is 0 Å². The summed E-state index contributed by atoms with van der Waals surface area (Å²) in [5.41, 5.74) is 6.81. The number of amides is 1. The predicted molar refractivity (Wildman–Crippen MR) is 81.7 cm³/mol. The summed E-state index contributed by atoms with van der Waals surface area (Å²) in [6, 6.07) is 0. The van der Waals surface area contributed by atoms with E-state index in [2.05, 4.69) is 29.1 Å². The van der Waals surface area contributed by atoms with Crippen molar-refractivity contribution in [3.8, 4) is 0 Å². The van der Waals surface area contributed by atoms with E-state index < -0.39 is 0 Å². The predicted octanol–water partition coefficient (Wildman–Crippen LogP) is 1.28. The first-order valence-corrected chi connectivity index (χ1v) is 7.11. The van der Waals surface area contributed by atoms with Crippen molar-refractivity contribution in [2.24, 2.45) is 0 Å². The molecule has 1 amide bonds. The first-order valence-electron chi connectivity index (χ1n) is 7.11. The molecule has 0 radical (unpaired) electrons. The number of nitrogens with one attached hydrogen (secondary N) is 1. The molecule has 0 unspecified atom stereocenters. The minimum Gasteiger partial charge on any atom is -0.383 e. The highest BCUT2D eigenvalue weighted by atomic mass is 16.1. The smallest absolute Gasteiger partial charge is 0.239 e. The Bertz CT molecular complexity index is 461. The molecule has 6 heteroatoms. The summed E-state index contributed by atoms with van der Waals surface area (Å²) in [6.45, 7) is 7.09. The van der Waals surface area contributed by atoms with Gasteiger partial charge in [0, 0.05) is 25.6 Å². The summed E-state index contributed by atoms with van der Waals surface area (Å²) >= 11 is 0. The van der Waals surface area contributed by atoms with Crippen LogP contribution in [0.5, 0.6) is 0 Å². The number of nitrogens with two attached hydrogens (primary N) is 1. The molecule has 0 fully saturated rings. The number of nitrogens with zero attached hydrogens (tertiary/aromatic N) is 3.